The summed E-state index contributed by atoms with van der Waals surface area (Å²) in [7, 11) is 0. The minimum atomic E-state index is -1.68. The van der Waals surface area contributed by atoms with E-state index in [1.165, 1.54) is 12.1 Å². The summed E-state index contributed by atoms with van der Waals surface area (Å²) < 4.78 is 18.3. The van der Waals surface area contributed by atoms with Crippen LogP contribution in [-0.4, -0.2) is 89.4 Å². The van der Waals surface area contributed by atoms with Gasteiger partial charge in [0, 0.05) is 70.5 Å². The molecular weight excluding hydrogens is 800 g/mol. The number of rotatable bonds is 5. The molecule has 0 aliphatic carbocycles. The molecule has 310 valence electrons. The highest BCUT2D eigenvalue weighted by Crippen LogP contribution is 2.56. The predicted octanol–water partition coefficient (Wildman–Crippen LogP) is 5.15. The van der Waals surface area contributed by atoms with Gasteiger partial charge in [0.05, 0.1) is 28.2 Å². The number of carbonyl (C=O) groups is 1. The molecule has 2 aliphatic heterocycles. The lowest BCUT2D eigenvalue weighted by Crippen LogP contribution is -2.35. The van der Waals surface area contributed by atoms with E-state index in [2.05, 4.69) is 9.97 Å². The number of fused-ring (bicyclic) bond motifs is 4. The molecule has 0 radical (unpaired) electrons. The third kappa shape index (κ3) is 6.29. The zero-order chi connectivity index (χ0) is 43.2. The van der Waals surface area contributed by atoms with Crippen LogP contribution in [0.4, 0.5) is 0 Å². The van der Waals surface area contributed by atoms with Crippen LogP contribution in [-0.2, 0) is 17.6 Å². The van der Waals surface area contributed by atoms with Crippen molar-refractivity contribution in [3.63, 3.8) is 0 Å². The number of hydrogen-bond donors (Lipinski definition) is 12. The minimum Gasteiger partial charge on any atom is -0.508 e. The lowest BCUT2D eigenvalue weighted by molar-refractivity contribution is -0.0188. The number of ether oxygens (including phenoxy) is 3. The van der Waals surface area contributed by atoms with Gasteiger partial charge in [0.1, 0.15) is 46.1 Å². The van der Waals surface area contributed by atoms with Crippen LogP contribution in [0.2, 0.25) is 0 Å². The molecule has 1 unspecified atom stereocenters. The van der Waals surface area contributed by atoms with Crippen LogP contribution in [0.1, 0.15) is 44.8 Å². The zero-order valence-corrected chi connectivity index (χ0v) is 31.0. The number of aromatic hydroxyl groups is 11. The first-order valence-corrected chi connectivity index (χ1v) is 18.3. The summed E-state index contributed by atoms with van der Waals surface area (Å²) in [5, 5.41) is 130. The van der Waals surface area contributed by atoms with Crippen LogP contribution < -0.4 is 9.47 Å². The van der Waals surface area contributed by atoms with Crippen molar-refractivity contribution in [3.05, 3.63) is 101 Å². The number of esters is 1. The Morgan fingerprint density at radius 1 is 0.557 bits per heavy atom. The number of phenols is 11. The first-order chi connectivity index (χ1) is 29.1. The molecule has 18 nitrogen and oxygen atoms in total. The largest absolute Gasteiger partial charge is 0.508 e. The summed E-state index contributed by atoms with van der Waals surface area (Å²) >= 11 is 0. The van der Waals surface area contributed by atoms with E-state index in [0.717, 1.165) is 36.4 Å². The number of benzene rings is 6. The number of nitrogens with zero attached hydrogens (tertiary/aromatic N) is 2. The van der Waals surface area contributed by atoms with E-state index in [9.17, 15) is 66.1 Å². The first-order valence-electron chi connectivity index (χ1n) is 18.3. The fourth-order valence-electron chi connectivity index (χ4n) is 7.87. The van der Waals surface area contributed by atoms with E-state index in [0.29, 0.717) is 11.0 Å². The van der Waals surface area contributed by atoms with E-state index >= 15 is 0 Å². The van der Waals surface area contributed by atoms with Gasteiger partial charge in [0.25, 0.3) is 0 Å². The van der Waals surface area contributed by atoms with Gasteiger partial charge < -0.3 is 75.5 Å². The monoisotopic (exact) mass is 832 g/mol. The van der Waals surface area contributed by atoms with Crippen molar-refractivity contribution in [2.24, 2.45) is 0 Å². The van der Waals surface area contributed by atoms with Gasteiger partial charge >= 0.3 is 5.97 Å². The molecule has 0 fully saturated rings. The molecule has 0 amide bonds. The highest BCUT2D eigenvalue weighted by molar-refractivity contribution is 5.98. The Bertz CT molecular complexity index is 2990. The molecular formula is C43H32N2O16. The second kappa shape index (κ2) is 13.9. The normalized spacial score (nSPS) is 18.2. The minimum absolute atomic E-state index is 0.0253. The number of phenolic OH excluding ortho intramolecular Hbond substituents is 11. The van der Waals surface area contributed by atoms with Crippen molar-refractivity contribution in [2.45, 2.75) is 37.3 Å². The number of aromatic nitrogens is 2. The van der Waals surface area contributed by atoms with Crippen LogP contribution in [0, 0.1) is 0 Å². The Labute approximate surface area is 341 Å². The number of aliphatic hydroxyl groups is 1. The Kier molecular flexibility index (Phi) is 8.75. The molecule has 18 heteroatoms. The maximum absolute atomic E-state index is 13.7. The van der Waals surface area contributed by atoms with Crippen LogP contribution in [0.3, 0.4) is 0 Å². The van der Waals surface area contributed by atoms with Crippen LogP contribution >= 0.6 is 0 Å². The van der Waals surface area contributed by atoms with Crippen molar-refractivity contribution < 1.29 is 80.3 Å². The summed E-state index contributed by atoms with van der Waals surface area (Å²) in [6.07, 6.45) is -6.87. The Hall–Kier alpha value is -8.25. The van der Waals surface area contributed by atoms with Gasteiger partial charge in [-0.15, -0.1) is 0 Å². The fraction of sp³-hybridized carbons (Fsp3) is 0.140. The SMILES string of the molecule is O=C(O[C@@H]1Cc2c(O)cc(O)cc2O[C@@H]1c1cc(O)c(O)c(O)c1-c1c(C2Oc3cc(O)cc(O)c3C[C@H]2O)cc2nc3ccccc3nc2c1O)c1cc(O)c(O)c(O)c1. The second-order valence-corrected chi connectivity index (χ2v) is 14.6. The highest BCUT2D eigenvalue weighted by Gasteiger charge is 2.42. The Morgan fingerprint density at radius 3 is 1.74 bits per heavy atom. The fourth-order valence-corrected chi connectivity index (χ4v) is 7.87. The number of para-hydroxylation sites is 2. The molecule has 1 aromatic heterocycles. The van der Waals surface area contributed by atoms with Gasteiger partial charge in [-0.1, -0.05) is 12.1 Å². The maximum Gasteiger partial charge on any atom is 0.338 e. The predicted molar refractivity (Wildman–Crippen MR) is 209 cm³/mol. The molecule has 6 aromatic carbocycles. The van der Waals surface area contributed by atoms with E-state index in [1.807, 2.05) is 0 Å². The van der Waals surface area contributed by atoms with Gasteiger partial charge in [-0.2, -0.15) is 0 Å². The summed E-state index contributed by atoms with van der Waals surface area (Å²) in [6, 6.07) is 15.0. The third-order valence-electron chi connectivity index (χ3n) is 10.7. The second-order valence-electron chi connectivity index (χ2n) is 14.6. The Morgan fingerprint density at radius 2 is 1.10 bits per heavy atom. The van der Waals surface area contributed by atoms with Gasteiger partial charge in [-0.25, -0.2) is 14.8 Å². The van der Waals surface area contributed by atoms with E-state index < -0.39 is 99.7 Å². The van der Waals surface area contributed by atoms with Gasteiger partial charge in [0.2, 0.25) is 5.75 Å². The van der Waals surface area contributed by atoms with E-state index in [4.69, 9.17) is 14.2 Å². The van der Waals surface area contributed by atoms with Crippen molar-refractivity contribution >= 4 is 28.0 Å². The summed E-state index contributed by atoms with van der Waals surface area (Å²) in [5.74, 6) is -9.51. The van der Waals surface area contributed by atoms with Crippen LogP contribution in [0.5, 0.6) is 74.7 Å². The molecule has 12 N–H and O–H groups in total. The average Bonchev–Trinajstić information content (AvgIpc) is 3.21. The topological polar surface area (TPSA) is 313 Å². The standard InChI is InChI=1S/C43H32N2O16/c46-16-7-25(48)18-12-30(53)41(59-31(18)9-16)20-11-24-36(45-23-4-2-1-3-22(23)44-24)39(56)34(20)35-21(13-29(52)38(55)40(35)57)42-33(14-19-26(49)8-17(47)10-32(19)60-42)61-43(58)15-5-27(50)37(54)28(51)6-15/h1-11,13,30,33,41-42,46-57H,12,14H2/t30-,33-,41?,42-/m1/s1. The lowest BCUT2D eigenvalue weighted by atomic mass is 9.83. The Balaban J connectivity index is 1.30. The molecule has 61 heavy (non-hydrogen) atoms. The van der Waals surface area contributed by atoms with Gasteiger partial charge in [-0.05, 0) is 36.4 Å². The van der Waals surface area contributed by atoms with Gasteiger partial charge in [-0.3, -0.25) is 0 Å². The summed E-state index contributed by atoms with van der Waals surface area (Å²) in [5.41, 5.74) is -0.884. The van der Waals surface area contributed by atoms with Crippen LogP contribution in [0.15, 0.2) is 72.8 Å². The molecule has 0 bridgehead atoms. The quantitative estimate of drug-likeness (QED) is 0.0606. The molecule has 2 aliphatic rings. The molecule has 9 rings (SSSR count). The zero-order valence-electron chi connectivity index (χ0n) is 31.0. The molecule has 4 atom stereocenters. The van der Waals surface area contributed by atoms with Crippen molar-refractivity contribution in [2.75, 3.05) is 0 Å². The average molecular weight is 833 g/mol. The number of carbonyl (C=O) groups excluding carboxylic acids is 1. The third-order valence-corrected chi connectivity index (χ3v) is 10.7. The van der Waals surface area contributed by atoms with Crippen molar-refractivity contribution in [1.29, 1.82) is 0 Å². The van der Waals surface area contributed by atoms with E-state index in [1.54, 1.807) is 24.3 Å². The van der Waals surface area contributed by atoms with Gasteiger partial charge in [0.15, 0.2) is 46.7 Å². The smallest absolute Gasteiger partial charge is 0.338 e. The van der Waals surface area contributed by atoms with E-state index in [-0.39, 0.29) is 68.3 Å². The summed E-state index contributed by atoms with van der Waals surface area (Å²) in [4.78, 5) is 23.0. The van der Waals surface area contributed by atoms with Crippen molar-refractivity contribution in [3.8, 4) is 85.9 Å². The first kappa shape index (κ1) is 38.3. The molecule has 0 saturated heterocycles. The summed E-state index contributed by atoms with van der Waals surface area (Å²) in [6.45, 7) is 0. The molecule has 0 spiro atoms. The van der Waals surface area contributed by atoms with Crippen LogP contribution in [0.25, 0.3) is 33.2 Å². The number of aliphatic hydroxyl groups excluding tert-OH is 1. The van der Waals surface area contributed by atoms with Crippen molar-refractivity contribution in [1.82, 2.24) is 9.97 Å². The maximum atomic E-state index is 13.7. The lowest BCUT2D eigenvalue weighted by Gasteiger charge is -2.36. The highest BCUT2D eigenvalue weighted by atomic mass is 16.6. The molecule has 0 saturated carbocycles. The number of hydrogen-bond acceptors (Lipinski definition) is 18. The molecule has 7 aromatic rings. The molecule has 3 heterocycles.